The van der Waals surface area contributed by atoms with Crippen LogP contribution in [-0.4, -0.2) is 43.7 Å². The summed E-state index contributed by atoms with van der Waals surface area (Å²) in [5.41, 5.74) is 1.29. The predicted molar refractivity (Wildman–Crippen MR) is 116 cm³/mol. The first-order chi connectivity index (χ1) is 14.3. The van der Waals surface area contributed by atoms with Crippen LogP contribution in [0, 0.1) is 0 Å². The topological polar surface area (TPSA) is 72.9 Å². The highest BCUT2D eigenvalue weighted by Crippen LogP contribution is 2.23. The molecule has 30 heavy (non-hydrogen) atoms. The van der Waals surface area contributed by atoms with Gasteiger partial charge < -0.3 is 13.8 Å². The molecule has 0 N–H and O–H groups in total. The SMILES string of the molecule is CC(C)S(=O)(=O)Oc1ccc(CN(CC2CCCO2)C(=O)c2ccccc2Cl)cc1. The van der Waals surface area contributed by atoms with Crippen LogP contribution in [0.5, 0.6) is 5.75 Å². The molecule has 1 atom stereocenters. The number of amides is 1. The zero-order valence-corrected chi connectivity index (χ0v) is 18.7. The minimum Gasteiger partial charge on any atom is -0.382 e. The Hall–Kier alpha value is -2.09. The number of ether oxygens (including phenoxy) is 1. The Labute approximate surface area is 182 Å². The minimum absolute atomic E-state index is 0.00442. The summed E-state index contributed by atoms with van der Waals surface area (Å²) in [6.45, 7) is 4.64. The van der Waals surface area contributed by atoms with Gasteiger partial charge in [-0.3, -0.25) is 4.79 Å². The minimum atomic E-state index is -3.65. The van der Waals surface area contributed by atoms with E-state index < -0.39 is 15.4 Å². The summed E-state index contributed by atoms with van der Waals surface area (Å²) in [6.07, 6.45) is 1.89. The number of nitrogens with zero attached hydrogens (tertiary/aromatic N) is 1. The van der Waals surface area contributed by atoms with Gasteiger partial charge in [-0.05, 0) is 56.5 Å². The smallest absolute Gasteiger partial charge is 0.311 e. The third-order valence-electron chi connectivity index (χ3n) is 4.93. The Kier molecular flexibility index (Phi) is 7.39. The fraction of sp³-hybridized carbons (Fsp3) is 0.409. The molecule has 2 aromatic rings. The van der Waals surface area contributed by atoms with E-state index in [0.717, 1.165) is 18.4 Å². The number of carbonyl (C=O) groups excluding carboxylic acids is 1. The van der Waals surface area contributed by atoms with Crippen LogP contribution in [-0.2, 0) is 21.4 Å². The summed E-state index contributed by atoms with van der Waals surface area (Å²) >= 11 is 6.24. The lowest BCUT2D eigenvalue weighted by Gasteiger charge is -2.26. The molecule has 2 aromatic carbocycles. The molecule has 0 aromatic heterocycles. The number of carbonyl (C=O) groups is 1. The Bertz CT molecular complexity index is 969. The van der Waals surface area contributed by atoms with E-state index in [0.29, 0.717) is 30.3 Å². The highest BCUT2D eigenvalue weighted by Gasteiger charge is 2.25. The summed E-state index contributed by atoms with van der Waals surface area (Å²) < 4.78 is 34.7. The first kappa shape index (κ1) is 22.6. The van der Waals surface area contributed by atoms with Crippen molar-refractivity contribution in [2.45, 2.75) is 44.6 Å². The van der Waals surface area contributed by atoms with Gasteiger partial charge in [-0.15, -0.1) is 0 Å². The largest absolute Gasteiger partial charge is 0.382 e. The number of hydrogen-bond donors (Lipinski definition) is 0. The average Bonchev–Trinajstić information content (AvgIpc) is 3.21. The lowest BCUT2D eigenvalue weighted by atomic mass is 10.1. The second kappa shape index (κ2) is 9.81. The van der Waals surface area contributed by atoms with Gasteiger partial charge in [0.05, 0.1) is 21.9 Å². The molecule has 1 saturated heterocycles. The van der Waals surface area contributed by atoms with Crippen LogP contribution in [0.3, 0.4) is 0 Å². The first-order valence-electron chi connectivity index (χ1n) is 9.94. The number of rotatable bonds is 8. The van der Waals surface area contributed by atoms with E-state index in [1.165, 1.54) is 0 Å². The lowest BCUT2D eigenvalue weighted by molar-refractivity contribution is 0.0507. The van der Waals surface area contributed by atoms with E-state index in [2.05, 4.69) is 0 Å². The predicted octanol–water partition coefficient (Wildman–Crippen LogP) is 4.28. The van der Waals surface area contributed by atoms with Gasteiger partial charge >= 0.3 is 10.1 Å². The summed E-state index contributed by atoms with van der Waals surface area (Å²) in [5, 5.41) is -0.227. The van der Waals surface area contributed by atoms with Crippen molar-refractivity contribution >= 4 is 27.6 Å². The van der Waals surface area contributed by atoms with Crippen LogP contribution in [0.1, 0.15) is 42.6 Å². The normalized spacial score (nSPS) is 16.6. The molecule has 3 rings (SSSR count). The molecule has 0 bridgehead atoms. The third kappa shape index (κ3) is 5.74. The molecule has 1 fully saturated rings. The Balaban J connectivity index is 1.77. The molecule has 1 heterocycles. The van der Waals surface area contributed by atoms with Crippen molar-refractivity contribution in [2.24, 2.45) is 0 Å². The van der Waals surface area contributed by atoms with Gasteiger partial charge in [-0.1, -0.05) is 35.9 Å². The summed E-state index contributed by atoms with van der Waals surface area (Å²) in [4.78, 5) is 14.9. The summed E-state index contributed by atoms with van der Waals surface area (Å²) in [7, 11) is -3.65. The zero-order chi connectivity index (χ0) is 21.7. The molecule has 6 nitrogen and oxygen atoms in total. The molecule has 8 heteroatoms. The number of halogens is 1. The van der Waals surface area contributed by atoms with Gasteiger partial charge in [0, 0.05) is 19.7 Å². The number of hydrogen-bond acceptors (Lipinski definition) is 5. The molecule has 162 valence electrons. The molecule has 1 unspecified atom stereocenters. The molecule has 1 aliphatic heterocycles. The first-order valence-corrected chi connectivity index (χ1v) is 11.8. The summed E-state index contributed by atoms with van der Waals surface area (Å²) in [6, 6.07) is 13.7. The molecule has 1 amide bonds. The third-order valence-corrected chi connectivity index (χ3v) is 6.84. The van der Waals surface area contributed by atoms with E-state index in [1.54, 1.807) is 67.3 Å². The lowest BCUT2D eigenvalue weighted by Crippen LogP contribution is -2.37. The highest BCUT2D eigenvalue weighted by molar-refractivity contribution is 7.87. The van der Waals surface area contributed by atoms with Crippen molar-refractivity contribution in [1.82, 2.24) is 4.90 Å². The van der Waals surface area contributed by atoms with Gasteiger partial charge in [0.1, 0.15) is 5.75 Å². The van der Waals surface area contributed by atoms with Crippen LogP contribution in [0.15, 0.2) is 48.5 Å². The van der Waals surface area contributed by atoms with E-state index in [-0.39, 0.29) is 17.8 Å². The monoisotopic (exact) mass is 451 g/mol. The molecule has 0 spiro atoms. The van der Waals surface area contributed by atoms with E-state index in [4.69, 9.17) is 20.5 Å². The molecule has 0 radical (unpaired) electrons. The number of benzene rings is 2. The van der Waals surface area contributed by atoms with Crippen molar-refractivity contribution < 1.29 is 22.1 Å². The fourth-order valence-electron chi connectivity index (χ4n) is 3.16. The van der Waals surface area contributed by atoms with Crippen LogP contribution in [0.25, 0.3) is 0 Å². The second-order valence-corrected chi connectivity index (χ2v) is 10.1. The molecule has 0 aliphatic carbocycles. The van der Waals surface area contributed by atoms with Crippen LogP contribution in [0.4, 0.5) is 0 Å². The van der Waals surface area contributed by atoms with Crippen LogP contribution in [0.2, 0.25) is 5.02 Å². The quantitative estimate of drug-likeness (QED) is 0.560. The van der Waals surface area contributed by atoms with Crippen molar-refractivity contribution in [3.8, 4) is 5.75 Å². The van der Waals surface area contributed by atoms with E-state index in [9.17, 15) is 13.2 Å². The van der Waals surface area contributed by atoms with E-state index in [1.807, 2.05) is 0 Å². The molecular weight excluding hydrogens is 426 g/mol. The van der Waals surface area contributed by atoms with Gasteiger partial charge in [-0.25, -0.2) is 0 Å². The Morgan fingerprint density at radius 2 is 1.90 bits per heavy atom. The van der Waals surface area contributed by atoms with Crippen LogP contribution >= 0.6 is 11.6 Å². The Morgan fingerprint density at radius 1 is 1.20 bits per heavy atom. The zero-order valence-electron chi connectivity index (χ0n) is 17.1. The fourth-order valence-corrected chi connectivity index (χ4v) is 3.95. The van der Waals surface area contributed by atoms with Gasteiger partial charge in [0.25, 0.3) is 5.91 Å². The Morgan fingerprint density at radius 3 is 2.50 bits per heavy atom. The molecule has 1 aliphatic rings. The van der Waals surface area contributed by atoms with Gasteiger partial charge in [0.2, 0.25) is 0 Å². The van der Waals surface area contributed by atoms with Crippen molar-refractivity contribution in [2.75, 3.05) is 13.2 Å². The van der Waals surface area contributed by atoms with Crippen molar-refractivity contribution in [3.05, 3.63) is 64.7 Å². The maximum atomic E-state index is 13.2. The average molecular weight is 452 g/mol. The molecular formula is C22H26ClNO5S. The van der Waals surface area contributed by atoms with Gasteiger partial charge in [0.15, 0.2) is 0 Å². The van der Waals surface area contributed by atoms with Crippen LogP contribution < -0.4 is 4.18 Å². The van der Waals surface area contributed by atoms with Crippen molar-refractivity contribution in [1.29, 1.82) is 0 Å². The maximum absolute atomic E-state index is 13.2. The van der Waals surface area contributed by atoms with E-state index >= 15 is 0 Å². The standard InChI is InChI=1S/C22H26ClNO5S/c1-16(2)30(26,27)29-18-11-9-17(10-12-18)14-24(15-19-6-5-13-28-19)22(25)20-7-3-4-8-21(20)23/h3-4,7-12,16,19H,5-6,13-15H2,1-2H3. The molecule has 0 saturated carbocycles. The highest BCUT2D eigenvalue weighted by atomic mass is 35.5. The second-order valence-electron chi connectivity index (χ2n) is 7.57. The maximum Gasteiger partial charge on any atom is 0.311 e. The summed E-state index contributed by atoms with van der Waals surface area (Å²) in [5.74, 6) is 0.0781. The van der Waals surface area contributed by atoms with Gasteiger partial charge in [-0.2, -0.15) is 8.42 Å². The van der Waals surface area contributed by atoms with Crippen molar-refractivity contribution in [3.63, 3.8) is 0 Å².